The van der Waals surface area contributed by atoms with E-state index >= 15 is 0 Å². The van der Waals surface area contributed by atoms with E-state index in [9.17, 15) is 14.0 Å². The SMILES string of the molecule is CCN(C(=O)c1cccc(C(=O)O)n1)c1ccc(F)cc1. The summed E-state index contributed by atoms with van der Waals surface area (Å²) in [5.41, 5.74) is 0.350. The van der Waals surface area contributed by atoms with Gasteiger partial charge in [-0.15, -0.1) is 0 Å². The summed E-state index contributed by atoms with van der Waals surface area (Å²) in [4.78, 5) is 28.5. The number of nitrogens with zero attached hydrogens (tertiary/aromatic N) is 2. The molecule has 1 heterocycles. The first-order valence-electron chi connectivity index (χ1n) is 6.30. The normalized spacial score (nSPS) is 10.2. The van der Waals surface area contributed by atoms with Gasteiger partial charge in [0.1, 0.15) is 17.2 Å². The Kier molecular flexibility index (Phi) is 4.27. The zero-order chi connectivity index (χ0) is 15.4. The summed E-state index contributed by atoms with van der Waals surface area (Å²) in [6, 6.07) is 9.70. The Morgan fingerprint density at radius 2 is 1.76 bits per heavy atom. The Balaban J connectivity index is 2.34. The fraction of sp³-hybridized carbons (Fsp3) is 0.133. The summed E-state index contributed by atoms with van der Waals surface area (Å²) in [7, 11) is 0. The van der Waals surface area contributed by atoms with Gasteiger partial charge in [-0.25, -0.2) is 14.2 Å². The van der Waals surface area contributed by atoms with Crippen molar-refractivity contribution in [2.24, 2.45) is 0 Å². The molecule has 2 rings (SSSR count). The predicted molar refractivity (Wildman–Crippen MR) is 74.9 cm³/mol. The molecule has 0 unspecified atom stereocenters. The number of aromatic carboxylic acids is 1. The van der Waals surface area contributed by atoms with Gasteiger partial charge in [-0.1, -0.05) is 6.07 Å². The van der Waals surface area contributed by atoms with E-state index in [1.807, 2.05) is 0 Å². The highest BCUT2D eigenvalue weighted by Gasteiger charge is 2.18. The van der Waals surface area contributed by atoms with Gasteiger partial charge < -0.3 is 10.0 Å². The van der Waals surface area contributed by atoms with E-state index in [-0.39, 0.29) is 11.4 Å². The van der Waals surface area contributed by atoms with Crippen LogP contribution in [0.5, 0.6) is 0 Å². The number of carbonyl (C=O) groups is 2. The summed E-state index contributed by atoms with van der Waals surface area (Å²) >= 11 is 0. The Morgan fingerprint density at radius 3 is 2.33 bits per heavy atom. The number of pyridine rings is 1. The van der Waals surface area contributed by atoms with E-state index in [0.29, 0.717) is 12.2 Å². The first-order valence-corrected chi connectivity index (χ1v) is 6.30. The van der Waals surface area contributed by atoms with Crippen LogP contribution in [0.4, 0.5) is 10.1 Å². The molecule has 0 spiro atoms. The summed E-state index contributed by atoms with van der Waals surface area (Å²) in [6.07, 6.45) is 0. The van der Waals surface area contributed by atoms with Crippen LogP contribution in [0.25, 0.3) is 0 Å². The Bertz CT molecular complexity index is 671. The molecule has 2 aromatic rings. The van der Waals surface area contributed by atoms with Gasteiger partial charge in [0, 0.05) is 12.2 Å². The van der Waals surface area contributed by atoms with Crippen molar-refractivity contribution in [2.75, 3.05) is 11.4 Å². The summed E-state index contributed by atoms with van der Waals surface area (Å²) in [5, 5.41) is 8.91. The first-order chi connectivity index (χ1) is 10.0. The van der Waals surface area contributed by atoms with Crippen LogP contribution in [0.15, 0.2) is 42.5 Å². The number of hydrogen-bond acceptors (Lipinski definition) is 3. The molecule has 0 bridgehead atoms. The van der Waals surface area contributed by atoms with Crippen LogP contribution >= 0.6 is 0 Å². The molecule has 1 aromatic carbocycles. The molecule has 0 aliphatic heterocycles. The van der Waals surface area contributed by atoms with E-state index in [1.165, 1.54) is 47.4 Å². The highest BCUT2D eigenvalue weighted by Crippen LogP contribution is 2.17. The minimum absolute atomic E-state index is 0.0288. The third kappa shape index (κ3) is 3.22. The highest BCUT2D eigenvalue weighted by molar-refractivity contribution is 6.05. The lowest BCUT2D eigenvalue weighted by molar-refractivity contribution is 0.0690. The molecular formula is C15H13FN2O3. The van der Waals surface area contributed by atoms with Crippen molar-refractivity contribution in [2.45, 2.75) is 6.92 Å². The zero-order valence-electron chi connectivity index (χ0n) is 11.3. The Hall–Kier alpha value is -2.76. The van der Waals surface area contributed by atoms with Gasteiger partial charge in [0.25, 0.3) is 5.91 Å². The monoisotopic (exact) mass is 288 g/mol. The smallest absolute Gasteiger partial charge is 0.354 e. The maximum absolute atomic E-state index is 12.9. The van der Waals surface area contributed by atoms with Gasteiger partial charge in [-0.05, 0) is 43.3 Å². The number of carbonyl (C=O) groups excluding carboxylic acids is 1. The molecule has 108 valence electrons. The van der Waals surface area contributed by atoms with Gasteiger partial charge in [-0.2, -0.15) is 0 Å². The topological polar surface area (TPSA) is 70.5 Å². The van der Waals surface area contributed by atoms with Crippen LogP contribution in [0.2, 0.25) is 0 Å². The lowest BCUT2D eigenvalue weighted by Gasteiger charge is -2.20. The van der Waals surface area contributed by atoms with Crippen molar-refractivity contribution >= 4 is 17.6 Å². The van der Waals surface area contributed by atoms with Crippen LogP contribution in [-0.4, -0.2) is 28.5 Å². The quantitative estimate of drug-likeness (QED) is 0.938. The van der Waals surface area contributed by atoms with E-state index in [2.05, 4.69) is 4.98 Å². The second-order valence-electron chi connectivity index (χ2n) is 4.24. The molecule has 1 aromatic heterocycles. The molecule has 0 fully saturated rings. The number of benzene rings is 1. The van der Waals surface area contributed by atoms with Crippen LogP contribution in [-0.2, 0) is 0 Å². The molecule has 0 aliphatic carbocycles. The number of aromatic nitrogens is 1. The molecule has 21 heavy (non-hydrogen) atoms. The lowest BCUT2D eigenvalue weighted by atomic mass is 10.2. The van der Waals surface area contributed by atoms with Crippen molar-refractivity contribution in [3.8, 4) is 0 Å². The number of carboxylic acids is 1. The molecule has 0 saturated heterocycles. The van der Waals surface area contributed by atoms with Crippen molar-refractivity contribution in [1.29, 1.82) is 0 Å². The number of halogens is 1. The molecule has 6 heteroatoms. The zero-order valence-corrected chi connectivity index (χ0v) is 11.3. The summed E-state index contributed by atoms with van der Waals surface area (Å²) < 4.78 is 12.9. The minimum Gasteiger partial charge on any atom is -0.477 e. The van der Waals surface area contributed by atoms with Crippen molar-refractivity contribution < 1.29 is 19.1 Å². The van der Waals surface area contributed by atoms with Crippen molar-refractivity contribution in [3.05, 3.63) is 59.7 Å². The number of carboxylic acid groups (broad SMARTS) is 1. The minimum atomic E-state index is -1.20. The van der Waals surface area contributed by atoms with Gasteiger partial charge in [-0.3, -0.25) is 4.79 Å². The molecule has 0 radical (unpaired) electrons. The second kappa shape index (κ2) is 6.13. The van der Waals surface area contributed by atoms with Gasteiger partial charge in [0.2, 0.25) is 0 Å². The van der Waals surface area contributed by atoms with E-state index in [1.54, 1.807) is 6.92 Å². The fourth-order valence-electron chi connectivity index (χ4n) is 1.88. The highest BCUT2D eigenvalue weighted by atomic mass is 19.1. The largest absolute Gasteiger partial charge is 0.477 e. The number of anilines is 1. The molecule has 0 saturated carbocycles. The van der Waals surface area contributed by atoms with Crippen LogP contribution in [0.1, 0.15) is 27.9 Å². The Morgan fingerprint density at radius 1 is 1.14 bits per heavy atom. The van der Waals surface area contributed by atoms with Crippen LogP contribution in [0.3, 0.4) is 0 Å². The molecule has 1 amide bonds. The van der Waals surface area contributed by atoms with E-state index in [0.717, 1.165) is 0 Å². The number of amides is 1. The Labute approximate surface area is 120 Å². The maximum Gasteiger partial charge on any atom is 0.354 e. The maximum atomic E-state index is 12.9. The van der Waals surface area contributed by atoms with Gasteiger partial charge in [0.15, 0.2) is 0 Å². The molecule has 5 nitrogen and oxygen atoms in total. The average molecular weight is 288 g/mol. The summed E-state index contributed by atoms with van der Waals surface area (Å²) in [5.74, 6) is -2.03. The lowest BCUT2D eigenvalue weighted by Crippen LogP contribution is -2.31. The van der Waals surface area contributed by atoms with E-state index < -0.39 is 17.7 Å². The van der Waals surface area contributed by atoms with Crippen molar-refractivity contribution in [3.63, 3.8) is 0 Å². The van der Waals surface area contributed by atoms with Crippen molar-refractivity contribution in [1.82, 2.24) is 4.98 Å². The summed E-state index contributed by atoms with van der Waals surface area (Å²) in [6.45, 7) is 2.12. The van der Waals surface area contributed by atoms with Gasteiger partial charge >= 0.3 is 5.97 Å². The number of rotatable bonds is 4. The molecule has 0 aliphatic rings. The average Bonchev–Trinajstić information content (AvgIpc) is 2.50. The second-order valence-corrected chi connectivity index (χ2v) is 4.24. The van der Waals surface area contributed by atoms with Gasteiger partial charge in [0.05, 0.1) is 0 Å². The first kappa shape index (κ1) is 14.6. The van der Waals surface area contributed by atoms with Crippen LogP contribution in [0, 0.1) is 5.82 Å². The number of hydrogen-bond donors (Lipinski definition) is 1. The molecular weight excluding hydrogens is 275 g/mol. The van der Waals surface area contributed by atoms with E-state index in [4.69, 9.17) is 5.11 Å². The standard InChI is InChI=1S/C15H13FN2O3/c1-2-18(11-8-6-10(16)7-9-11)14(19)12-4-3-5-13(17-12)15(20)21/h3-9H,2H2,1H3,(H,20,21). The molecule has 1 N–H and O–H groups in total. The fourth-order valence-corrected chi connectivity index (χ4v) is 1.88. The predicted octanol–water partition coefficient (Wildman–Crippen LogP) is 2.59. The molecule has 0 atom stereocenters. The third-order valence-corrected chi connectivity index (χ3v) is 2.89. The van der Waals surface area contributed by atoms with Crippen LogP contribution < -0.4 is 4.90 Å². The third-order valence-electron chi connectivity index (χ3n) is 2.89.